The molecule has 0 fully saturated rings. The molecule has 0 spiro atoms. The van der Waals surface area contributed by atoms with Gasteiger partial charge >= 0.3 is 0 Å². The average Bonchev–Trinajstić information content (AvgIpc) is 3.22. The summed E-state index contributed by atoms with van der Waals surface area (Å²) in [6.45, 7) is 2.54. The number of hydrogen-bond donors (Lipinski definition) is 0. The first-order valence-electron chi connectivity index (χ1n) is 8.77. The van der Waals surface area contributed by atoms with Crippen molar-refractivity contribution in [3.63, 3.8) is 0 Å². The van der Waals surface area contributed by atoms with Gasteiger partial charge in [0.1, 0.15) is 18.4 Å². The lowest BCUT2D eigenvalue weighted by Crippen LogP contribution is -2.37. The van der Waals surface area contributed by atoms with Crippen molar-refractivity contribution in [1.29, 1.82) is 5.26 Å². The minimum absolute atomic E-state index is 0.231. The Morgan fingerprint density at radius 2 is 2.04 bits per heavy atom. The first kappa shape index (κ1) is 18.5. The quantitative estimate of drug-likeness (QED) is 0.651. The van der Waals surface area contributed by atoms with Crippen LogP contribution >= 0.6 is 11.3 Å². The molecule has 0 bridgehead atoms. The summed E-state index contributed by atoms with van der Waals surface area (Å²) < 4.78 is 33.6. The minimum Gasteiger partial charge on any atom is -0.489 e. The van der Waals surface area contributed by atoms with Gasteiger partial charge in [-0.25, -0.2) is 13.4 Å². The third kappa shape index (κ3) is 3.23. The summed E-state index contributed by atoms with van der Waals surface area (Å²) in [6.07, 6.45) is 0.850. The number of sulfonamides is 1. The summed E-state index contributed by atoms with van der Waals surface area (Å²) in [5.41, 5.74) is 2.94. The van der Waals surface area contributed by atoms with Crippen molar-refractivity contribution >= 4 is 27.0 Å². The Labute approximate surface area is 167 Å². The number of nitrogens with zero attached hydrogens (tertiary/aromatic N) is 3. The molecule has 0 radical (unpaired) electrons. The fourth-order valence-corrected chi connectivity index (χ4v) is 5.15. The Bertz CT molecular complexity index is 1160. The van der Waals surface area contributed by atoms with E-state index in [1.165, 1.54) is 15.6 Å². The van der Waals surface area contributed by atoms with Crippen molar-refractivity contribution in [1.82, 2.24) is 4.98 Å². The number of aryl methyl sites for hydroxylation is 1. The van der Waals surface area contributed by atoms with Crippen LogP contribution < -0.4 is 9.04 Å². The van der Waals surface area contributed by atoms with Crippen LogP contribution in [0.5, 0.6) is 5.75 Å². The number of benzene rings is 2. The molecule has 0 atom stereocenters. The van der Waals surface area contributed by atoms with Crippen molar-refractivity contribution in [3.05, 3.63) is 58.4 Å². The molecular formula is C20H17N3O3S2. The van der Waals surface area contributed by atoms with Gasteiger partial charge in [0.05, 0.1) is 22.8 Å². The second-order valence-electron chi connectivity index (χ2n) is 6.26. The maximum atomic E-state index is 13.3. The molecule has 2 heterocycles. The van der Waals surface area contributed by atoms with E-state index < -0.39 is 10.0 Å². The summed E-state index contributed by atoms with van der Waals surface area (Å²) in [6, 6.07) is 14.3. The molecule has 0 saturated heterocycles. The van der Waals surface area contributed by atoms with Gasteiger partial charge in [0.25, 0.3) is 10.0 Å². The summed E-state index contributed by atoms with van der Waals surface area (Å²) in [7, 11) is -3.72. The third-order valence-electron chi connectivity index (χ3n) is 4.59. The lowest BCUT2D eigenvalue weighted by molar-refractivity contribution is 0.316. The number of hydrogen-bond acceptors (Lipinski definition) is 6. The number of thiazole rings is 1. The van der Waals surface area contributed by atoms with E-state index in [-0.39, 0.29) is 18.0 Å². The number of ether oxygens (including phenoxy) is 1. The van der Waals surface area contributed by atoms with E-state index in [4.69, 9.17) is 10.00 Å². The van der Waals surface area contributed by atoms with Crippen molar-refractivity contribution in [2.45, 2.75) is 18.2 Å². The summed E-state index contributed by atoms with van der Waals surface area (Å²) in [5.74, 6) is 0.513. The lowest BCUT2D eigenvalue weighted by atomic mass is 10.1. The summed E-state index contributed by atoms with van der Waals surface area (Å²) >= 11 is 1.25. The fourth-order valence-electron chi connectivity index (χ4n) is 3.08. The molecule has 0 amide bonds. The SMILES string of the molecule is CCc1ccc(S(=O)(=O)N2CCOc3ccc(-c4csc(C#N)n4)cc32)cc1. The highest BCUT2D eigenvalue weighted by molar-refractivity contribution is 7.92. The highest BCUT2D eigenvalue weighted by Gasteiger charge is 2.30. The molecule has 0 unspecified atom stereocenters. The van der Waals surface area contributed by atoms with Crippen LogP contribution in [0.2, 0.25) is 0 Å². The molecule has 1 aliphatic heterocycles. The van der Waals surface area contributed by atoms with Crippen LogP contribution in [0, 0.1) is 11.3 Å². The molecule has 142 valence electrons. The number of anilines is 1. The largest absolute Gasteiger partial charge is 0.489 e. The van der Waals surface area contributed by atoms with Crippen molar-refractivity contribution < 1.29 is 13.2 Å². The van der Waals surface area contributed by atoms with E-state index in [0.717, 1.165) is 17.5 Å². The zero-order chi connectivity index (χ0) is 19.7. The second-order valence-corrected chi connectivity index (χ2v) is 8.98. The van der Waals surface area contributed by atoms with Gasteiger partial charge in [0, 0.05) is 10.9 Å². The summed E-state index contributed by atoms with van der Waals surface area (Å²) in [5, 5.41) is 11.1. The predicted molar refractivity (Wildman–Crippen MR) is 108 cm³/mol. The fraction of sp³-hybridized carbons (Fsp3) is 0.200. The highest BCUT2D eigenvalue weighted by Crippen LogP contribution is 2.38. The van der Waals surface area contributed by atoms with Crippen molar-refractivity contribution in [3.8, 4) is 23.1 Å². The molecule has 1 aromatic heterocycles. The predicted octanol–water partition coefficient (Wildman–Crippen LogP) is 3.83. The Hall–Kier alpha value is -2.89. The maximum Gasteiger partial charge on any atom is 0.264 e. The summed E-state index contributed by atoms with van der Waals surface area (Å²) in [4.78, 5) is 4.51. The van der Waals surface area contributed by atoms with E-state index in [2.05, 4.69) is 4.98 Å². The van der Waals surface area contributed by atoms with Crippen LogP contribution in [-0.2, 0) is 16.4 Å². The molecule has 1 aliphatic rings. The molecule has 4 rings (SSSR count). The third-order valence-corrected chi connectivity index (χ3v) is 7.17. The van der Waals surface area contributed by atoms with Crippen LogP contribution in [0.4, 0.5) is 5.69 Å². The van der Waals surface area contributed by atoms with E-state index in [9.17, 15) is 8.42 Å². The molecule has 0 saturated carbocycles. The first-order valence-corrected chi connectivity index (χ1v) is 11.1. The van der Waals surface area contributed by atoms with Gasteiger partial charge < -0.3 is 4.74 Å². The van der Waals surface area contributed by atoms with E-state index in [0.29, 0.717) is 22.1 Å². The number of fused-ring (bicyclic) bond motifs is 1. The highest BCUT2D eigenvalue weighted by atomic mass is 32.2. The average molecular weight is 412 g/mol. The Balaban J connectivity index is 1.76. The Morgan fingerprint density at radius 1 is 1.25 bits per heavy atom. The molecular weight excluding hydrogens is 394 g/mol. The van der Waals surface area contributed by atoms with Crippen LogP contribution in [0.3, 0.4) is 0 Å². The molecule has 2 aromatic carbocycles. The van der Waals surface area contributed by atoms with E-state index >= 15 is 0 Å². The Morgan fingerprint density at radius 3 is 2.71 bits per heavy atom. The Kier molecular flexibility index (Phi) is 4.79. The van der Waals surface area contributed by atoms with Gasteiger partial charge in [-0.2, -0.15) is 5.26 Å². The zero-order valence-corrected chi connectivity index (χ0v) is 16.8. The molecule has 6 nitrogen and oxygen atoms in total. The second kappa shape index (κ2) is 7.26. The molecule has 0 N–H and O–H groups in total. The van der Waals surface area contributed by atoms with E-state index in [1.807, 2.05) is 31.2 Å². The molecule has 3 aromatic rings. The van der Waals surface area contributed by atoms with Gasteiger partial charge in [-0.3, -0.25) is 4.31 Å². The van der Waals surface area contributed by atoms with Crippen LogP contribution in [0.25, 0.3) is 11.3 Å². The topological polar surface area (TPSA) is 83.3 Å². The zero-order valence-electron chi connectivity index (χ0n) is 15.1. The molecule has 28 heavy (non-hydrogen) atoms. The smallest absolute Gasteiger partial charge is 0.264 e. The van der Waals surface area contributed by atoms with Crippen molar-refractivity contribution in [2.24, 2.45) is 0 Å². The monoisotopic (exact) mass is 411 g/mol. The van der Waals surface area contributed by atoms with Crippen LogP contribution in [0.15, 0.2) is 52.7 Å². The van der Waals surface area contributed by atoms with Gasteiger partial charge in [-0.1, -0.05) is 19.1 Å². The normalized spacial score (nSPS) is 13.5. The lowest BCUT2D eigenvalue weighted by Gasteiger charge is -2.30. The van der Waals surface area contributed by atoms with E-state index in [1.54, 1.807) is 29.6 Å². The number of nitriles is 1. The number of aromatic nitrogens is 1. The minimum atomic E-state index is -3.72. The van der Waals surface area contributed by atoms with Gasteiger partial charge in [-0.15, -0.1) is 11.3 Å². The van der Waals surface area contributed by atoms with Gasteiger partial charge in [0.2, 0.25) is 0 Å². The first-order chi connectivity index (χ1) is 13.5. The van der Waals surface area contributed by atoms with Gasteiger partial charge in [-0.05, 0) is 42.3 Å². The maximum absolute atomic E-state index is 13.3. The molecule has 8 heteroatoms. The van der Waals surface area contributed by atoms with Gasteiger partial charge in [0.15, 0.2) is 5.01 Å². The van der Waals surface area contributed by atoms with Crippen molar-refractivity contribution in [2.75, 3.05) is 17.5 Å². The molecule has 0 aliphatic carbocycles. The standard InChI is InChI=1S/C20H17N3O3S2/c1-2-14-3-6-16(7-4-14)28(24,25)23-9-10-26-19-8-5-15(11-18(19)23)17-13-27-20(12-21)22-17/h3-8,11,13H,2,9-10H2,1H3. The number of rotatable bonds is 4. The van der Waals surface area contributed by atoms with Crippen LogP contribution in [-0.4, -0.2) is 26.6 Å². The van der Waals surface area contributed by atoms with Crippen LogP contribution in [0.1, 0.15) is 17.5 Å².